The summed E-state index contributed by atoms with van der Waals surface area (Å²) in [5, 5.41) is 11.1. The van der Waals surface area contributed by atoms with Crippen molar-refractivity contribution in [3.8, 4) is 11.1 Å². The molecule has 2 aromatic carbocycles. The quantitative estimate of drug-likeness (QED) is 0.568. The molecule has 0 aliphatic carbocycles. The molecule has 1 amide bonds. The first-order valence-corrected chi connectivity index (χ1v) is 8.87. The number of amides is 1. The Balaban J connectivity index is 1.59. The van der Waals surface area contributed by atoms with Crippen molar-refractivity contribution in [1.82, 2.24) is 15.2 Å². The van der Waals surface area contributed by atoms with Crippen molar-refractivity contribution in [3.05, 3.63) is 77.6 Å². The number of nitrogens with zero attached hydrogens (tertiary/aromatic N) is 2. The van der Waals surface area contributed by atoms with Crippen molar-refractivity contribution in [2.75, 3.05) is 5.32 Å². The van der Waals surface area contributed by atoms with Crippen molar-refractivity contribution in [2.45, 2.75) is 20.3 Å². The van der Waals surface area contributed by atoms with Crippen LogP contribution in [0.15, 0.2) is 60.7 Å². The van der Waals surface area contributed by atoms with Crippen molar-refractivity contribution < 1.29 is 4.79 Å². The van der Waals surface area contributed by atoms with Crippen LogP contribution in [0.2, 0.25) is 0 Å². The van der Waals surface area contributed by atoms with Gasteiger partial charge in [0.05, 0.1) is 17.6 Å². The highest BCUT2D eigenvalue weighted by molar-refractivity contribution is 5.95. The number of aromatic amines is 1. The van der Waals surface area contributed by atoms with Gasteiger partial charge < -0.3 is 5.32 Å². The van der Waals surface area contributed by atoms with Gasteiger partial charge in [0.2, 0.25) is 5.91 Å². The van der Waals surface area contributed by atoms with Crippen LogP contribution in [0.5, 0.6) is 0 Å². The van der Waals surface area contributed by atoms with Crippen molar-refractivity contribution in [3.63, 3.8) is 0 Å². The average Bonchev–Trinajstić information content (AvgIpc) is 3.08. The van der Waals surface area contributed by atoms with E-state index in [1.807, 2.05) is 62.4 Å². The third kappa shape index (κ3) is 3.44. The minimum absolute atomic E-state index is 0.126. The minimum Gasteiger partial charge on any atom is -0.310 e. The number of para-hydroxylation sites is 1. The van der Waals surface area contributed by atoms with Crippen molar-refractivity contribution in [2.24, 2.45) is 0 Å². The molecule has 0 unspecified atom stereocenters. The molecule has 2 heterocycles. The molecule has 0 atom stereocenters. The Morgan fingerprint density at radius 2 is 1.78 bits per heavy atom. The molecule has 0 saturated carbocycles. The Bertz CT molecular complexity index is 1120. The highest BCUT2D eigenvalue weighted by Crippen LogP contribution is 2.27. The number of H-pyrrole nitrogens is 1. The van der Waals surface area contributed by atoms with E-state index >= 15 is 0 Å². The average molecular weight is 356 g/mol. The van der Waals surface area contributed by atoms with Gasteiger partial charge in [0.15, 0.2) is 0 Å². The maximum absolute atomic E-state index is 12.6. The number of rotatable bonds is 4. The lowest BCUT2D eigenvalue weighted by Gasteiger charge is -2.12. The molecule has 2 aromatic heterocycles. The normalized spacial score (nSPS) is 10.9. The SMILES string of the molecule is Cc1nc(NC(=O)Cc2[nH]nc3ccccc23)cc(-c2ccccc2)c1C. The van der Waals surface area contributed by atoms with Crippen LogP contribution in [0.25, 0.3) is 22.0 Å². The number of hydrogen-bond donors (Lipinski definition) is 2. The third-order valence-electron chi connectivity index (χ3n) is 4.75. The number of aromatic nitrogens is 3. The van der Waals surface area contributed by atoms with E-state index in [0.29, 0.717) is 5.82 Å². The summed E-state index contributed by atoms with van der Waals surface area (Å²) in [5.74, 6) is 0.435. The van der Waals surface area contributed by atoms with E-state index in [-0.39, 0.29) is 12.3 Å². The van der Waals surface area contributed by atoms with Gasteiger partial charge in [0, 0.05) is 11.1 Å². The summed E-state index contributed by atoms with van der Waals surface area (Å²) in [5.41, 5.74) is 5.85. The van der Waals surface area contributed by atoms with E-state index in [1.54, 1.807) is 0 Å². The van der Waals surface area contributed by atoms with Crippen LogP contribution in [0, 0.1) is 13.8 Å². The van der Waals surface area contributed by atoms with Gasteiger partial charge in [-0.05, 0) is 42.7 Å². The second-order valence-electron chi connectivity index (χ2n) is 6.58. The highest BCUT2D eigenvalue weighted by Gasteiger charge is 2.13. The molecule has 4 aromatic rings. The van der Waals surface area contributed by atoms with E-state index in [9.17, 15) is 4.79 Å². The number of fused-ring (bicyclic) bond motifs is 1. The number of nitrogens with one attached hydrogen (secondary N) is 2. The molecule has 0 aliphatic rings. The zero-order chi connectivity index (χ0) is 18.8. The van der Waals surface area contributed by atoms with Gasteiger partial charge in [0.1, 0.15) is 5.82 Å². The van der Waals surface area contributed by atoms with Gasteiger partial charge in [-0.1, -0.05) is 48.5 Å². The van der Waals surface area contributed by atoms with Gasteiger partial charge in [-0.25, -0.2) is 4.98 Å². The standard InChI is InChI=1S/C22H20N4O/c1-14-15(2)23-21(12-18(14)16-8-4-3-5-9-16)24-22(27)13-20-17-10-6-7-11-19(17)25-26-20/h3-12H,13H2,1-2H3,(H,25,26)(H,23,24,27). The summed E-state index contributed by atoms with van der Waals surface area (Å²) in [7, 11) is 0. The summed E-state index contributed by atoms with van der Waals surface area (Å²) in [6.07, 6.45) is 0.218. The molecule has 27 heavy (non-hydrogen) atoms. The fourth-order valence-electron chi connectivity index (χ4n) is 3.21. The smallest absolute Gasteiger partial charge is 0.231 e. The molecule has 0 bridgehead atoms. The number of aryl methyl sites for hydroxylation is 1. The van der Waals surface area contributed by atoms with Crippen LogP contribution in [0.4, 0.5) is 5.82 Å². The Morgan fingerprint density at radius 3 is 2.59 bits per heavy atom. The van der Waals surface area contributed by atoms with Crippen LogP contribution in [-0.2, 0) is 11.2 Å². The maximum Gasteiger partial charge on any atom is 0.231 e. The summed E-state index contributed by atoms with van der Waals surface area (Å²) in [6.45, 7) is 4.01. The largest absolute Gasteiger partial charge is 0.310 e. The van der Waals surface area contributed by atoms with Gasteiger partial charge in [-0.3, -0.25) is 9.89 Å². The summed E-state index contributed by atoms with van der Waals surface area (Å²) in [4.78, 5) is 17.1. The first-order valence-electron chi connectivity index (χ1n) is 8.87. The maximum atomic E-state index is 12.6. The van der Waals surface area contributed by atoms with E-state index in [4.69, 9.17) is 0 Å². The molecule has 4 rings (SSSR count). The van der Waals surface area contributed by atoms with Gasteiger partial charge in [0.25, 0.3) is 0 Å². The molecular weight excluding hydrogens is 336 g/mol. The Labute approximate surface area is 157 Å². The number of carbonyl (C=O) groups is 1. The van der Waals surface area contributed by atoms with Crippen molar-refractivity contribution in [1.29, 1.82) is 0 Å². The lowest BCUT2D eigenvalue weighted by Crippen LogP contribution is -2.16. The monoisotopic (exact) mass is 356 g/mol. The zero-order valence-electron chi connectivity index (χ0n) is 15.3. The predicted octanol–water partition coefficient (Wildman–Crippen LogP) is 4.42. The van der Waals surface area contributed by atoms with Gasteiger partial charge in [-0.2, -0.15) is 5.10 Å². The van der Waals surface area contributed by atoms with Crippen LogP contribution in [0.3, 0.4) is 0 Å². The molecule has 5 nitrogen and oxygen atoms in total. The second-order valence-corrected chi connectivity index (χ2v) is 6.58. The van der Waals surface area contributed by atoms with E-state index in [0.717, 1.165) is 39.0 Å². The molecule has 0 radical (unpaired) electrons. The molecule has 0 saturated heterocycles. The fourth-order valence-corrected chi connectivity index (χ4v) is 3.21. The Morgan fingerprint density at radius 1 is 1.04 bits per heavy atom. The molecule has 0 fully saturated rings. The summed E-state index contributed by atoms with van der Waals surface area (Å²) in [6, 6.07) is 19.8. The van der Waals surface area contributed by atoms with Crippen LogP contribution >= 0.6 is 0 Å². The minimum atomic E-state index is -0.126. The molecule has 2 N–H and O–H groups in total. The topological polar surface area (TPSA) is 70.7 Å². The highest BCUT2D eigenvalue weighted by atomic mass is 16.1. The van der Waals surface area contributed by atoms with Crippen LogP contribution in [0.1, 0.15) is 17.0 Å². The second kappa shape index (κ2) is 7.03. The van der Waals surface area contributed by atoms with Crippen molar-refractivity contribution >= 4 is 22.6 Å². The van der Waals surface area contributed by atoms with E-state index in [2.05, 4.69) is 32.6 Å². The Hall–Kier alpha value is -3.47. The van der Waals surface area contributed by atoms with Gasteiger partial charge >= 0.3 is 0 Å². The first-order chi connectivity index (χ1) is 13.1. The molecular formula is C22H20N4O. The first kappa shape index (κ1) is 17.0. The van der Waals surface area contributed by atoms with E-state index in [1.165, 1.54) is 0 Å². The van der Waals surface area contributed by atoms with Crippen LogP contribution in [-0.4, -0.2) is 21.1 Å². The number of hydrogen-bond acceptors (Lipinski definition) is 3. The summed E-state index contributed by atoms with van der Waals surface area (Å²) < 4.78 is 0. The molecule has 5 heteroatoms. The van der Waals surface area contributed by atoms with E-state index < -0.39 is 0 Å². The Kier molecular flexibility index (Phi) is 4.42. The fraction of sp³-hybridized carbons (Fsp3) is 0.136. The summed E-state index contributed by atoms with van der Waals surface area (Å²) >= 11 is 0. The molecule has 134 valence electrons. The third-order valence-corrected chi connectivity index (χ3v) is 4.75. The number of pyridine rings is 1. The lowest BCUT2D eigenvalue weighted by molar-refractivity contribution is -0.115. The lowest BCUT2D eigenvalue weighted by atomic mass is 10.0. The molecule has 0 aliphatic heterocycles. The van der Waals surface area contributed by atoms with Crippen LogP contribution < -0.4 is 5.32 Å². The zero-order valence-corrected chi connectivity index (χ0v) is 15.3. The molecule has 0 spiro atoms. The predicted molar refractivity (Wildman–Crippen MR) is 108 cm³/mol. The number of carbonyl (C=O) groups excluding carboxylic acids is 1. The number of anilines is 1. The van der Waals surface area contributed by atoms with Gasteiger partial charge in [-0.15, -0.1) is 0 Å². The number of benzene rings is 2.